The molecule has 1 aliphatic heterocycles. The van der Waals surface area contributed by atoms with E-state index in [1.54, 1.807) is 0 Å². The minimum absolute atomic E-state index is 0.400. The van der Waals surface area contributed by atoms with Gasteiger partial charge in [-0.05, 0) is 36.2 Å². The highest BCUT2D eigenvalue weighted by molar-refractivity contribution is 5.82. The largest absolute Gasteiger partial charge is 0.309 e. The first-order valence-corrected chi connectivity index (χ1v) is 7.55. The zero-order valence-corrected chi connectivity index (χ0v) is 11.9. The maximum atomic E-state index is 4.49. The molecule has 0 bridgehead atoms. The second kappa shape index (κ2) is 5.30. The Morgan fingerprint density at radius 2 is 1.71 bits per heavy atom. The van der Waals surface area contributed by atoms with E-state index in [1.165, 1.54) is 22.9 Å². The van der Waals surface area contributed by atoms with Crippen molar-refractivity contribution >= 4 is 10.9 Å². The highest BCUT2D eigenvalue weighted by Gasteiger charge is 2.30. The molecule has 4 rings (SSSR count). The molecule has 2 aromatic carbocycles. The Labute approximate surface area is 124 Å². The zero-order chi connectivity index (χ0) is 14.1. The monoisotopic (exact) mass is 274 g/mol. The smallest absolute Gasteiger partial charge is 0.0704 e. The van der Waals surface area contributed by atoms with Gasteiger partial charge in [-0.2, -0.15) is 0 Å². The average Bonchev–Trinajstić information content (AvgIpc) is 3.04. The molecule has 3 aromatic rings. The van der Waals surface area contributed by atoms with Crippen molar-refractivity contribution in [1.82, 2.24) is 10.3 Å². The van der Waals surface area contributed by atoms with Gasteiger partial charge in [-0.15, -0.1) is 0 Å². The lowest BCUT2D eigenvalue weighted by atomic mass is 9.86. The van der Waals surface area contributed by atoms with Gasteiger partial charge in [0.05, 0.1) is 5.52 Å². The van der Waals surface area contributed by atoms with Gasteiger partial charge >= 0.3 is 0 Å². The molecule has 2 nitrogen and oxygen atoms in total. The first-order chi connectivity index (χ1) is 10.4. The van der Waals surface area contributed by atoms with E-state index in [1.807, 2.05) is 6.20 Å². The standard InChI is InChI=1S/C19H18N2/c1-2-6-14(7-3-1)19-17(11-13-21-19)15-10-12-20-18-9-5-4-8-16(15)18/h1-10,12,17,19,21H,11,13H2. The van der Waals surface area contributed by atoms with Gasteiger partial charge in [-0.1, -0.05) is 48.5 Å². The van der Waals surface area contributed by atoms with Gasteiger partial charge in [0.25, 0.3) is 0 Å². The Bertz CT molecular complexity index is 746. The van der Waals surface area contributed by atoms with Crippen LogP contribution in [0.15, 0.2) is 66.9 Å². The summed E-state index contributed by atoms with van der Waals surface area (Å²) in [6.45, 7) is 1.07. The summed E-state index contributed by atoms with van der Waals surface area (Å²) in [7, 11) is 0. The van der Waals surface area contributed by atoms with Crippen molar-refractivity contribution in [2.24, 2.45) is 0 Å². The number of hydrogen-bond donors (Lipinski definition) is 1. The summed E-state index contributed by atoms with van der Waals surface area (Å²) < 4.78 is 0. The summed E-state index contributed by atoms with van der Waals surface area (Å²) >= 11 is 0. The van der Waals surface area contributed by atoms with Gasteiger partial charge < -0.3 is 5.32 Å². The lowest BCUT2D eigenvalue weighted by Gasteiger charge is -2.21. The fourth-order valence-corrected chi connectivity index (χ4v) is 3.49. The molecule has 0 saturated carbocycles. The Balaban J connectivity index is 1.81. The number of pyridine rings is 1. The molecule has 1 aliphatic rings. The molecule has 2 atom stereocenters. The molecule has 1 N–H and O–H groups in total. The minimum Gasteiger partial charge on any atom is -0.309 e. The molecule has 21 heavy (non-hydrogen) atoms. The third-order valence-corrected chi connectivity index (χ3v) is 4.46. The number of hydrogen-bond acceptors (Lipinski definition) is 2. The number of fused-ring (bicyclic) bond motifs is 1. The molecule has 2 unspecified atom stereocenters. The van der Waals surface area contributed by atoms with Crippen LogP contribution in [0, 0.1) is 0 Å². The summed E-state index contributed by atoms with van der Waals surface area (Å²) in [5.74, 6) is 0.514. The summed E-state index contributed by atoms with van der Waals surface area (Å²) in [4.78, 5) is 4.49. The molecular formula is C19H18N2. The predicted octanol–water partition coefficient (Wildman–Crippen LogP) is 4.05. The van der Waals surface area contributed by atoms with Crippen LogP contribution < -0.4 is 5.32 Å². The maximum absolute atomic E-state index is 4.49. The fraction of sp³-hybridized carbons (Fsp3) is 0.211. The normalized spacial score (nSPS) is 21.7. The number of aromatic nitrogens is 1. The van der Waals surface area contributed by atoms with Crippen molar-refractivity contribution in [1.29, 1.82) is 0 Å². The number of nitrogens with zero attached hydrogens (tertiary/aromatic N) is 1. The molecule has 0 amide bonds. The van der Waals surface area contributed by atoms with Crippen LogP contribution >= 0.6 is 0 Å². The molecule has 0 radical (unpaired) electrons. The van der Waals surface area contributed by atoms with E-state index in [-0.39, 0.29) is 0 Å². The Morgan fingerprint density at radius 1 is 0.905 bits per heavy atom. The van der Waals surface area contributed by atoms with Gasteiger partial charge in [0.15, 0.2) is 0 Å². The number of para-hydroxylation sites is 1. The molecular weight excluding hydrogens is 256 g/mol. The lowest BCUT2D eigenvalue weighted by Crippen LogP contribution is -2.17. The van der Waals surface area contributed by atoms with Crippen molar-refractivity contribution in [3.8, 4) is 0 Å². The molecule has 2 heterocycles. The summed E-state index contributed by atoms with van der Waals surface area (Å²) in [5, 5.41) is 4.95. The molecule has 0 spiro atoms. The predicted molar refractivity (Wildman–Crippen MR) is 86.3 cm³/mol. The van der Waals surface area contributed by atoms with Crippen molar-refractivity contribution in [2.75, 3.05) is 6.54 Å². The highest BCUT2D eigenvalue weighted by atomic mass is 15.0. The van der Waals surface area contributed by atoms with Crippen molar-refractivity contribution in [3.63, 3.8) is 0 Å². The highest BCUT2D eigenvalue weighted by Crippen LogP contribution is 2.39. The molecule has 1 saturated heterocycles. The number of benzene rings is 2. The molecule has 1 aromatic heterocycles. The first kappa shape index (κ1) is 12.5. The molecule has 0 aliphatic carbocycles. The van der Waals surface area contributed by atoms with E-state index in [4.69, 9.17) is 0 Å². The van der Waals surface area contributed by atoms with Crippen LogP contribution in [0.25, 0.3) is 10.9 Å². The Hall–Kier alpha value is -2.19. The Kier molecular flexibility index (Phi) is 3.17. The van der Waals surface area contributed by atoms with Gasteiger partial charge in [0.1, 0.15) is 0 Å². The van der Waals surface area contributed by atoms with Crippen LogP contribution in [0.2, 0.25) is 0 Å². The van der Waals surface area contributed by atoms with E-state index >= 15 is 0 Å². The van der Waals surface area contributed by atoms with Crippen LogP contribution in [0.1, 0.15) is 29.5 Å². The summed E-state index contributed by atoms with van der Waals surface area (Å²) in [6.07, 6.45) is 3.12. The van der Waals surface area contributed by atoms with Crippen LogP contribution in [-0.2, 0) is 0 Å². The first-order valence-electron chi connectivity index (χ1n) is 7.55. The second-order valence-electron chi connectivity index (χ2n) is 5.65. The topological polar surface area (TPSA) is 24.9 Å². The molecule has 104 valence electrons. The van der Waals surface area contributed by atoms with E-state index in [0.717, 1.165) is 12.1 Å². The zero-order valence-electron chi connectivity index (χ0n) is 11.9. The van der Waals surface area contributed by atoms with Crippen LogP contribution in [0.5, 0.6) is 0 Å². The maximum Gasteiger partial charge on any atom is 0.0704 e. The molecule has 2 heteroatoms. The van der Waals surface area contributed by atoms with E-state index in [0.29, 0.717) is 12.0 Å². The number of nitrogens with one attached hydrogen (secondary N) is 1. The van der Waals surface area contributed by atoms with Crippen LogP contribution in [0.3, 0.4) is 0 Å². The average molecular weight is 274 g/mol. The van der Waals surface area contributed by atoms with Crippen molar-refractivity contribution in [3.05, 3.63) is 78.0 Å². The number of rotatable bonds is 2. The van der Waals surface area contributed by atoms with Crippen LogP contribution in [0.4, 0.5) is 0 Å². The third-order valence-electron chi connectivity index (χ3n) is 4.46. The second-order valence-corrected chi connectivity index (χ2v) is 5.65. The van der Waals surface area contributed by atoms with Crippen molar-refractivity contribution < 1.29 is 0 Å². The third kappa shape index (κ3) is 2.22. The van der Waals surface area contributed by atoms with Gasteiger partial charge in [0, 0.05) is 23.5 Å². The van der Waals surface area contributed by atoms with Gasteiger partial charge in [-0.3, -0.25) is 4.98 Å². The SMILES string of the molecule is c1ccc(C2NCCC2c2ccnc3ccccc23)cc1. The van der Waals surface area contributed by atoms with Crippen molar-refractivity contribution in [2.45, 2.75) is 18.4 Å². The fourth-order valence-electron chi connectivity index (χ4n) is 3.49. The van der Waals surface area contributed by atoms with Crippen LogP contribution in [-0.4, -0.2) is 11.5 Å². The van der Waals surface area contributed by atoms with E-state index in [2.05, 4.69) is 71.0 Å². The van der Waals surface area contributed by atoms with E-state index in [9.17, 15) is 0 Å². The minimum atomic E-state index is 0.400. The quantitative estimate of drug-likeness (QED) is 0.762. The van der Waals surface area contributed by atoms with Gasteiger partial charge in [0.2, 0.25) is 0 Å². The summed E-state index contributed by atoms with van der Waals surface area (Å²) in [6, 6.07) is 21.8. The summed E-state index contributed by atoms with van der Waals surface area (Å²) in [5.41, 5.74) is 3.88. The lowest BCUT2D eigenvalue weighted by molar-refractivity contribution is 0.580. The Morgan fingerprint density at radius 3 is 2.62 bits per heavy atom. The molecule has 1 fully saturated rings. The van der Waals surface area contributed by atoms with Gasteiger partial charge in [-0.25, -0.2) is 0 Å². The van der Waals surface area contributed by atoms with E-state index < -0.39 is 0 Å².